The fourth-order valence-corrected chi connectivity index (χ4v) is 22.2. The second-order valence-corrected chi connectivity index (χ2v) is 40.0. The highest BCUT2D eigenvalue weighted by atomic mass is 32.2. The fraction of sp³-hybridized carbons (Fsp3) is 0.274. The van der Waals surface area contributed by atoms with Crippen molar-refractivity contribution in [2.75, 3.05) is 45.0 Å². The third-order valence-corrected chi connectivity index (χ3v) is 30.8. The number of hydrogen-bond donors (Lipinski definition) is 5. The standard InChI is InChI=1S/C29H35NO5S.C27H29NO5S.C25H25F2NO4S.C25H26FNO4S/c1-6-7-18-30(36(33,34)28-20(2)19-27(35-5)21(3)22(28)4)26-11-9-8-10-24(26)15-12-23-13-16-25(17-14-23)29(31)32;1-3-6-26(34(32,33)24-17-15-21(16-18-24)19(2)29)28-25-8-5-4-7-22(25)12-9-20-10-13-23(14-11-20)27(30)31;1-2-3-16-28(33(31,32)24-15-14-21(26)17-22(24)27)23-7-5-4-6-19(23)11-8-18-9-12-20(13-10-18)25(29)30;1-2-3-18-27(32(30,31)24-11-7-5-9-22(24)26)23-10-6-4-8-20(23)15-12-19-13-16-21(17-14-19)25(28)29/h8-11,13-14,16-17,19H,6-7,12,15,18H2,1-5H3,(H,31,32);4-5,7-8,10-11,13-18,26,28H,3,6,9,12H2,1-2H3,(H,30,31);4-7,9-10,12-15,17H,2-3,8,11,16H2,1H3,(H,29,30);4-11,13-14,16-17H,2-3,12,15,18H2,1H3,(H,28,29). The molecule has 0 aliphatic heterocycles. The van der Waals surface area contributed by atoms with Crippen molar-refractivity contribution in [2.45, 2.75) is 183 Å². The Hall–Kier alpha value is -13.2. The summed E-state index contributed by atoms with van der Waals surface area (Å²) >= 11 is 0. The molecular weight excluding hydrogens is 1800 g/mol. The van der Waals surface area contributed by atoms with E-state index in [1.165, 1.54) is 58.0 Å². The summed E-state index contributed by atoms with van der Waals surface area (Å²) in [7, 11) is -14.3. The highest BCUT2D eigenvalue weighted by molar-refractivity contribution is 7.93. The van der Waals surface area contributed by atoms with Crippen molar-refractivity contribution in [3.63, 3.8) is 0 Å². The summed E-state index contributed by atoms with van der Waals surface area (Å²) in [5.41, 5.74) is 13.3. The lowest BCUT2D eigenvalue weighted by atomic mass is 10.0. The SMILES string of the molecule is CCCC(Nc1ccccc1CCc1ccc(C(=O)O)cc1)S(=O)(=O)c1ccc(C(C)=O)cc1.CCCCN(c1ccccc1CCc1ccc(C(=O)O)cc1)S(=O)(=O)c1c(C)cc(OC)c(C)c1C.CCCCN(c1ccccc1CCc1ccc(C(=O)O)cc1)S(=O)(=O)c1ccc(F)cc1F.CCCCN(c1ccccc1CCc1ccc(C(=O)O)cc1)S(=O)(=O)c1ccccc1F. The molecule has 0 fully saturated rings. The Morgan fingerprint density at radius 1 is 0.370 bits per heavy atom. The first-order valence-corrected chi connectivity index (χ1v) is 50.4. The lowest BCUT2D eigenvalue weighted by Crippen LogP contribution is -2.34. The molecule has 0 aliphatic carbocycles. The van der Waals surface area contributed by atoms with Gasteiger partial charge in [0.25, 0.3) is 30.1 Å². The predicted molar refractivity (Wildman–Crippen MR) is 523 cm³/mol. The van der Waals surface area contributed by atoms with Crippen molar-refractivity contribution in [3.8, 4) is 5.75 Å². The number of halogens is 3. The van der Waals surface area contributed by atoms with Gasteiger partial charge < -0.3 is 30.5 Å². The molecule has 0 radical (unpaired) electrons. The molecule has 0 aliphatic rings. The number of anilines is 4. The minimum Gasteiger partial charge on any atom is -0.496 e. The molecule has 1 atom stereocenters. The number of carboxylic acids is 4. The number of ether oxygens (including phenoxy) is 1. The maximum Gasteiger partial charge on any atom is 0.335 e. The number of nitrogens with one attached hydrogen (secondary N) is 1. The van der Waals surface area contributed by atoms with Crippen LogP contribution in [0.4, 0.5) is 35.9 Å². The number of rotatable bonds is 42. The van der Waals surface area contributed by atoms with Crippen molar-refractivity contribution >= 4 is 92.3 Å². The minimum atomic E-state index is -4.27. The monoisotopic (exact) mass is 1920 g/mol. The molecule has 712 valence electrons. The first-order valence-electron chi connectivity index (χ1n) is 44.6. The molecule has 135 heavy (non-hydrogen) atoms. The summed E-state index contributed by atoms with van der Waals surface area (Å²) in [4.78, 5) is 55.4. The number of methoxy groups -OCH3 is 1. The van der Waals surface area contributed by atoms with Crippen molar-refractivity contribution < 1.29 is 96.0 Å². The van der Waals surface area contributed by atoms with Crippen LogP contribution in [0.1, 0.15) is 199 Å². The maximum absolute atomic E-state index is 14.4. The van der Waals surface area contributed by atoms with E-state index in [2.05, 4.69) is 5.32 Å². The number of Topliss-reactive ketones (excluding diaryl/α,β-unsaturated/α-hetero) is 1. The third kappa shape index (κ3) is 28.2. The summed E-state index contributed by atoms with van der Waals surface area (Å²) in [6.45, 7) is 15.6. The lowest BCUT2D eigenvalue weighted by molar-refractivity contribution is 0.0686. The average Bonchev–Trinajstić information content (AvgIpc) is 0.792. The summed E-state index contributed by atoms with van der Waals surface area (Å²) in [6.07, 6.45) is 10.3. The number of carbonyl (C=O) groups excluding carboxylic acids is 1. The number of carboxylic acid groups (broad SMARTS) is 4. The number of sulfone groups is 1. The smallest absolute Gasteiger partial charge is 0.335 e. The Morgan fingerprint density at radius 2 is 0.711 bits per heavy atom. The number of aryl methyl sites for hydroxylation is 9. The normalized spacial score (nSPS) is 11.6. The van der Waals surface area contributed by atoms with Gasteiger partial charge in [-0.1, -0.05) is 199 Å². The van der Waals surface area contributed by atoms with Gasteiger partial charge in [0.1, 0.15) is 38.4 Å². The second kappa shape index (κ2) is 49.7. The first kappa shape index (κ1) is 105. The molecule has 0 saturated carbocycles. The molecule has 0 spiro atoms. The van der Waals surface area contributed by atoms with Gasteiger partial charge in [-0.3, -0.25) is 17.7 Å². The van der Waals surface area contributed by atoms with Gasteiger partial charge in [0.05, 0.1) is 56.2 Å². The van der Waals surface area contributed by atoms with Crippen molar-refractivity contribution in [1.29, 1.82) is 0 Å². The molecule has 29 heteroatoms. The lowest BCUT2D eigenvalue weighted by Gasteiger charge is -2.29. The predicted octanol–water partition coefficient (Wildman–Crippen LogP) is 22.2. The summed E-state index contributed by atoms with van der Waals surface area (Å²) in [6, 6.07) is 72.0. The zero-order chi connectivity index (χ0) is 98.3. The van der Waals surface area contributed by atoms with E-state index in [1.54, 1.807) is 133 Å². The molecule has 0 bridgehead atoms. The third-order valence-electron chi connectivity index (χ3n) is 22.9. The van der Waals surface area contributed by atoms with Gasteiger partial charge in [-0.25, -0.2) is 66.0 Å². The van der Waals surface area contributed by atoms with Gasteiger partial charge in [-0.15, -0.1) is 0 Å². The Bertz CT molecular complexity index is 6570. The van der Waals surface area contributed by atoms with Crippen LogP contribution in [0.3, 0.4) is 0 Å². The van der Waals surface area contributed by atoms with Gasteiger partial charge >= 0.3 is 23.9 Å². The quantitative estimate of drug-likeness (QED) is 0.0222. The molecule has 12 aromatic carbocycles. The van der Waals surface area contributed by atoms with Crippen LogP contribution >= 0.6 is 0 Å². The zero-order valence-electron chi connectivity index (χ0n) is 77.0. The van der Waals surface area contributed by atoms with E-state index < -0.39 is 91.5 Å². The number of hydrogen-bond acceptors (Lipinski definition) is 15. The Kier molecular flexibility index (Phi) is 38.8. The maximum atomic E-state index is 14.4. The zero-order valence-corrected chi connectivity index (χ0v) is 80.3. The highest BCUT2D eigenvalue weighted by Crippen LogP contribution is 2.38. The van der Waals surface area contributed by atoms with E-state index in [4.69, 9.17) is 25.2 Å². The molecule has 0 aromatic heterocycles. The summed E-state index contributed by atoms with van der Waals surface area (Å²) in [5, 5.41) is 38.7. The Morgan fingerprint density at radius 3 is 1.07 bits per heavy atom. The van der Waals surface area contributed by atoms with Crippen molar-refractivity contribution in [2.24, 2.45) is 0 Å². The van der Waals surface area contributed by atoms with E-state index >= 15 is 0 Å². The van der Waals surface area contributed by atoms with E-state index in [1.807, 2.05) is 127 Å². The number of unbranched alkanes of at least 4 members (excludes halogenated alkanes) is 3. The van der Waals surface area contributed by atoms with Gasteiger partial charge in [0.2, 0.25) is 0 Å². The van der Waals surface area contributed by atoms with Gasteiger partial charge in [-0.05, 0) is 281 Å². The number of benzene rings is 12. The van der Waals surface area contributed by atoms with E-state index in [0.717, 1.165) is 99.6 Å². The van der Waals surface area contributed by atoms with Crippen LogP contribution in [-0.2, 0) is 91.3 Å². The molecule has 22 nitrogen and oxygen atoms in total. The Labute approximate surface area is 790 Å². The topological polar surface area (TPSA) is 334 Å². The van der Waals surface area contributed by atoms with Crippen LogP contribution < -0.4 is 23.0 Å². The van der Waals surface area contributed by atoms with Crippen LogP contribution in [0.25, 0.3) is 0 Å². The number of aromatic carboxylic acids is 4. The van der Waals surface area contributed by atoms with Gasteiger partial charge in [-0.2, -0.15) is 0 Å². The number of carbonyl (C=O) groups is 5. The molecular formula is C106H115F3N4O18S4. The number of nitrogens with zero attached hydrogens (tertiary/aromatic N) is 3. The number of para-hydroxylation sites is 4. The van der Waals surface area contributed by atoms with Gasteiger partial charge in [0.15, 0.2) is 15.6 Å². The minimum absolute atomic E-state index is 0.112. The second-order valence-electron chi connectivity index (χ2n) is 32.4. The van der Waals surface area contributed by atoms with Gasteiger partial charge in [0, 0.05) is 37.0 Å². The summed E-state index contributed by atoms with van der Waals surface area (Å²) in [5.74, 6) is -6.08. The van der Waals surface area contributed by atoms with Crippen LogP contribution in [0.2, 0.25) is 0 Å². The highest BCUT2D eigenvalue weighted by Gasteiger charge is 2.35. The molecule has 1 unspecified atom stereocenters. The molecule has 0 saturated heterocycles. The largest absolute Gasteiger partial charge is 0.496 e. The van der Waals surface area contributed by atoms with Crippen LogP contribution in [-0.4, -0.2) is 116 Å². The number of ketones is 1. The molecule has 12 aromatic rings. The van der Waals surface area contributed by atoms with Crippen LogP contribution in [0, 0.1) is 38.2 Å². The summed E-state index contributed by atoms with van der Waals surface area (Å²) < 4.78 is 161. The van der Waals surface area contributed by atoms with Crippen molar-refractivity contribution in [1.82, 2.24) is 0 Å². The molecule has 12 rings (SSSR count). The first-order chi connectivity index (χ1) is 64.4. The van der Waals surface area contributed by atoms with Crippen LogP contribution in [0.5, 0.6) is 5.75 Å². The van der Waals surface area contributed by atoms with Crippen LogP contribution in [0.15, 0.2) is 287 Å². The van der Waals surface area contributed by atoms with E-state index in [9.17, 15) is 70.8 Å². The molecule has 5 N–H and O–H groups in total. The van der Waals surface area contributed by atoms with Crippen molar-refractivity contribution in [3.05, 3.63) is 373 Å². The van der Waals surface area contributed by atoms with E-state index in [0.29, 0.717) is 134 Å². The number of sulfonamides is 3. The molecule has 0 amide bonds. The van der Waals surface area contributed by atoms with E-state index in [-0.39, 0.29) is 50.9 Å². The Balaban J connectivity index is 0.000000202. The fourth-order valence-electron chi connectivity index (χ4n) is 15.3. The molecule has 0 heterocycles. The average molecular weight is 1920 g/mol.